The van der Waals surface area contributed by atoms with E-state index in [1.807, 2.05) is 0 Å². The van der Waals surface area contributed by atoms with Crippen LogP contribution in [-0.4, -0.2) is 48.6 Å². The van der Waals surface area contributed by atoms with Crippen molar-refractivity contribution >= 4 is 0 Å². The molecule has 0 aliphatic carbocycles. The van der Waals surface area contributed by atoms with Gasteiger partial charge in [0.05, 0.1) is 12.5 Å². The predicted octanol–water partition coefficient (Wildman–Crippen LogP) is 1.70. The lowest BCUT2D eigenvalue weighted by molar-refractivity contribution is 0.0622. The Morgan fingerprint density at radius 3 is 2.67 bits per heavy atom. The van der Waals surface area contributed by atoms with E-state index in [0.29, 0.717) is 18.5 Å². The number of hydrogen-bond acceptors (Lipinski definition) is 3. The molecule has 0 N–H and O–H groups in total. The Hall–Kier alpha value is -0.590. The summed E-state index contributed by atoms with van der Waals surface area (Å²) in [4.78, 5) is 4.94. The molecule has 1 aliphatic rings. The lowest BCUT2D eigenvalue weighted by Crippen LogP contribution is -2.54. The van der Waals surface area contributed by atoms with Gasteiger partial charge in [0.1, 0.15) is 0 Å². The van der Waals surface area contributed by atoms with Gasteiger partial charge in [-0.15, -0.1) is 0 Å². The Bertz CT molecular complexity index is 221. The number of rotatable bonds is 4. The van der Waals surface area contributed by atoms with Crippen molar-refractivity contribution in [2.24, 2.45) is 0 Å². The van der Waals surface area contributed by atoms with Crippen molar-refractivity contribution in [3.63, 3.8) is 0 Å². The van der Waals surface area contributed by atoms with Gasteiger partial charge in [0, 0.05) is 31.7 Å². The van der Waals surface area contributed by atoms with Crippen LogP contribution < -0.4 is 0 Å². The molecule has 0 bridgehead atoms. The van der Waals surface area contributed by atoms with Gasteiger partial charge in [0.2, 0.25) is 0 Å². The van der Waals surface area contributed by atoms with E-state index in [1.54, 1.807) is 0 Å². The molecular weight excluding hydrogens is 186 g/mol. The highest BCUT2D eigenvalue weighted by atomic mass is 15.3. The monoisotopic (exact) mass is 209 g/mol. The average Bonchev–Trinajstić information content (AvgIpc) is 2.27. The van der Waals surface area contributed by atoms with E-state index < -0.39 is 0 Å². The molecule has 15 heavy (non-hydrogen) atoms. The van der Waals surface area contributed by atoms with Crippen LogP contribution in [0.3, 0.4) is 0 Å². The van der Waals surface area contributed by atoms with Gasteiger partial charge in [-0.25, -0.2) is 0 Å². The van der Waals surface area contributed by atoms with Gasteiger partial charge in [0.15, 0.2) is 0 Å². The fraction of sp³-hybridized carbons (Fsp3) is 0.917. The minimum atomic E-state index is 0.470. The van der Waals surface area contributed by atoms with E-state index in [2.05, 4.69) is 36.8 Å². The van der Waals surface area contributed by atoms with Crippen molar-refractivity contribution in [1.82, 2.24) is 9.80 Å². The molecule has 1 rings (SSSR count). The molecule has 0 amide bonds. The van der Waals surface area contributed by atoms with Gasteiger partial charge in [-0.05, 0) is 19.9 Å². The van der Waals surface area contributed by atoms with Crippen LogP contribution >= 0.6 is 0 Å². The molecule has 0 spiro atoms. The third-order valence-electron chi connectivity index (χ3n) is 3.59. The number of piperazine rings is 1. The highest BCUT2D eigenvalue weighted by molar-refractivity contribution is 4.87. The minimum Gasteiger partial charge on any atom is -0.301 e. The fourth-order valence-corrected chi connectivity index (χ4v) is 2.38. The molecule has 1 heterocycles. The summed E-state index contributed by atoms with van der Waals surface area (Å²) >= 11 is 0. The van der Waals surface area contributed by atoms with Crippen molar-refractivity contribution in [2.75, 3.05) is 26.7 Å². The van der Waals surface area contributed by atoms with Crippen LogP contribution in [-0.2, 0) is 0 Å². The summed E-state index contributed by atoms with van der Waals surface area (Å²) in [5, 5.41) is 8.79. The topological polar surface area (TPSA) is 30.3 Å². The smallest absolute Gasteiger partial charge is 0.0638 e. The molecule has 0 radical (unpaired) electrons. The summed E-state index contributed by atoms with van der Waals surface area (Å²) < 4.78 is 0. The Balaban J connectivity index is 2.52. The molecule has 3 nitrogen and oxygen atoms in total. The molecule has 1 aliphatic heterocycles. The second-order valence-electron chi connectivity index (χ2n) is 4.46. The number of nitriles is 1. The normalized spacial score (nSPS) is 26.1. The van der Waals surface area contributed by atoms with E-state index in [9.17, 15) is 0 Å². The quantitative estimate of drug-likeness (QED) is 0.706. The molecule has 86 valence electrons. The zero-order valence-electron chi connectivity index (χ0n) is 10.2. The van der Waals surface area contributed by atoms with Crippen LogP contribution in [0.2, 0.25) is 0 Å². The van der Waals surface area contributed by atoms with Crippen LogP contribution in [0.5, 0.6) is 0 Å². The molecule has 3 heteroatoms. The summed E-state index contributed by atoms with van der Waals surface area (Å²) in [6.07, 6.45) is 2.97. The second kappa shape index (κ2) is 6.09. The first-order valence-electron chi connectivity index (χ1n) is 6.04. The maximum atomic E-state index is 8.79. The standard InChI is InChI=1S/C12H23N3/c1-4-11(6-7-13)15-9-8-14(3)12(5-2)10-15/h11-12H,4-6,8-10H2,1-3H3. The molecule has 0 aromatic rings. The molecule has 1 fully saturated rings. The van der Waals surface area contributed by atoms with E-state index in [-0.39, 0.29) is 0 Å². The van der Waals surface area contributed by atoms with Gasteiger partial charge in [0.25, 0.3) is 0 Å². The van der Waals surface area contributed by atoms with Crippen LogP contribution in [0.1, 0.15) is 33.1 Å². The molecule has 0 aromatic carbocycles. The molecule has 2 atom stereocenters. The zero-order chi connectivity index (χ0) is 11.3. The highest BCUT2D eigenvalue weighted by Crippen LogP contribution is 2.16. The first-order chi connectivity index (χ1) is 7.22. The third-order valence-corrected chi connectivity index (χ3v) is 3.59. The van der Waals surface area contributed by atoms with Gasteiger partial charge in [-0.2, -0.15) is 5.26 Å². The number of nitrogens with zero attached hydrogens (tertiary/aromatic N) is 3. The SMILES string of the molecule is CCC1CN(C(CC)CC#N)CCN1C. The fourth-order valence-electron chi connectivity index (χ4n) is 2.38. The maximum Gasteiger partial charge on any atom is 0.0638 e. The van der Waals surface area contributed by atoms with E-state index in [1.165, 1.54) is 6.42 Å². The Kier molecular flexibility index (Phi) is 5.07. The Morgan fingerprint density at radius 2 is 2.13 bits per heavy atom. The largest absolute Gasteiger partial charge is 0.301 e. The highest BCUT2D eigenvalue weighted by Gasteiger charge is 2.26. The zero-order valence-corrected chi connectivity index (χ0v) is 10.2. The number of likely N-dealkylation sites (N-methyl/N-ethyl adjacent to an activating group) is 1. The van der Waals surface area contributed by atoms with Gasteiger partial charge < -0.3 is 4.90 Å². The van der Waals surface area contributed by atoms with Gasteiger partial charge in [-0.1, -0.05) is 13.8 Å². The van der Waals surface area contributed by atoms with Gasteiger partial charge >= 0.3 is 0 Å². The molecule has 0 aromatic heterocycles. The number of hydrogen-bond donors (Lipinski definition) is 0. The maximum absolute atomic E-state index is 8.79. The first-order valence-corrected chi connectivity index (χ1v) is 6.04. The van der Waals surface area contributed by atoms with Crippen molar-refractivity contribution in [3.8, 4) is 6.07 Å². The minimum absolute atomic E-state index is 0.470. The van der Waals surface area contributed by atoms with Crippen LogP contribution in [0.15, 0.2) is 0 Å². The van der Waals surface area contributed by atoms with Crippen molar-refractivity contribution in [1.29, 1.82) is 5.26 Å². The summed E-state index contributed by atoms with van der Waals surface area (Å²) in [6, 6.07) is 3.45. The van der Waals surface area contributed by atoms with Crippen molar-refractivity contribution < 1.29 is 0 Å². The summed E-state index contributed by atoms with van der Waals surface area (Å²) in [6.45, 7) is 7.82. The lowest BCUT2D eigenvalue weighted by atomic mass is 10.0. The van der Waals surface area contributed by atoms with Crippen molar-refractivity contribution in [3.05, 3.63) is 0 Å². The van der Waals surface area contributed by atoms with Crippen molar-refractivity contribution in [2.45, 2.75) is 45.2 Å². The Labute approximate surface area is 93.7 Å². The lowest BCUT2D eigenvalue weighted by Gasteiger charge is -2.42. The first kappa shape index (κ1) is 12.5. The van der Waals surface area contributed by atoms with Crippen LogP contribution in [0, 0.1) is 11.3 Å². The van der Waals surface area contributed by atoms with Crippen LogP contribution in [0.4, 0.5) is 0 Å². The molecule has 0 saturated carbocycles. The van der Waals surface area contributed by atoms with E-state index in [4.69, 9.17) is 5.26 Å². The van der Waals surface area contributed by atoms with E-state index in [0.717, 1.165) is 26.1 Å². The molecule has 2 unspecified atom stereocenters. The summed E-state index contributed by atoms with van der Waals surface area (Å²) in [7, 11) is 2.21. The Morgan fingerprint density at radius 1 is 1.40 bits per heavy atom. The molecule has 1 saturated heterocycles. The summed E-state index contributed by atoms with van der Waals surface area (Å²) in [5.41, 5.74) is 0. The van der Waals surface area contributed by atoms with E-state index >= 15 is 0 Å². The van der Waals surface area contributed by atoms with Gasteiger partial charge in [-0.3, -0.25) is 4.90 Å². The third kappa shape index (κ3) is 3.19. The molecular formula is C12H23N3. The van der Waals surface area contributed by atoms with Crippen LogP contribution in [0.25, 0.3) is 0 Å². The second-order valence-corrected chi connectivity index (χ2v) is 4.46. The summed E-state index contributed by atoms with van der Waals surface area (Å²) in [5.74, 6) is 0. The average molecular weight is 209 g/mol. The predicted molar refractivity (Wildman–Crippen MR) is 62.6 cm³/mol.